The smallest absolute Gasteiger partial charge is 0.343 e. The van der Waals surface area contributed by atoms with Crippen molar-refractivity contribution in [3.63, 3.8) is 0 Å². The van der Waals surface area contributed by atoms with E-state index in [1.165, 1.54) is 7.11 Å². The predicted molar refractivity (Wildman–Crippen MR) is 56.6 cm³/mol. The third-order valence-corrected chi connectivity index (χ3v) is 1.97. The van der Waals surface area contributed by atoms with Crippen LogP contribution >= 0.6 is 0 Å². The van der Waals surface area contributed by atoms with Crippen molar-refractivity contribution in [2.75, 3.05) is 13.7 Å². The molecule has 0 saturated heterocycles. The number of rotatable bonds is 4. The number of nitrogens with two attached hydrogens (primary N) is 1. The Morgan fingerprint density at radius 1 is 1.53 bits per heavy atom. The van der Waals surface area contributed by atoms with E-state index in [-0.39, 0.29) is 12.6 Å². The number of methoxy groups -OCH3 is 1. The third kappa shape index (κ3) is 3.59. The molecule has 2 N–H and O–H groups in total. The van der Waals surface area contributed by atoms with Gasteiger partial charge in [-0.05, 0) is 24.6 Å². The van der Waals surface area contributed by atoms with Crippen molar-refractivity contribution in [3.8, 4) is 5.75 Å². The maximum atomic E-state index is 10.8. The summed E-state index contributed by atoms with van der Waals surface area (Å²) >= 11 is 0. The molecule has 1 aromatic carbocycles. The van der Waals surface area contributed by atoms with Crippen molar-refractivity contribution in [2.24, 2.45) is 5.73 Å². The molecule has 0 saturated carbocycles. The Hall–Kier alpha value is -1.55. The van der Waals surface area contributed by atoms with E-state index in [9.17, 15) is 4.79 Å². The Kier molecular flexibility index (Phi) is 4.12. The van der Waals surface area contributed by atoms with Gasteiger partial charge in [-0.3, -0.25) is 0 Å². The van der Waals surface area contributed by atoms with Crippen molar-refractivity contribution in [2.45, 2.75) is 13.0 Å². The van der Waals surface area contributed by atoms with E-state index < -0.39 is 5.97 Å². The first-order chi connectivity index (χ1) is 7.13. The first-order valence-corrected chi connectivity index (χ1v) is 4.68. The van der Waals surface area contributed by atoms with Gasteiger partial charge in [0.15, 0.2) is 6.61 Å². The zero-order valence-corrected chi connectivity index (χ0v) is 8.90. The summed E-state index contributed by atoms with van der Waals surface area (Å²) in [5.74, 6) is 0.219. The van der Waals surface area contributed by atoms with Gasteiger partial charge in [0.25, 0.3) is 0 Å². The molecule has 1 rings (SSSR count). The molecule has 0 amide bonds. The molecule has 4 heteroatoms. The van der Waals surface area contributed by atoms with Gasteiger partial charge in [0.1, 0.15) is 5.75 Å². The second-order valence-corrected chi connectivity index (χ2v) is 3.23. The molecule has 0 spiro atoms. The van der Waals surface area contributed by atoms with Crippen LogP contribution in [0.4, 0.5) is 0 Å². The lowest BCUT2D eigenvalue weighted by Crippen LogP contribution is -2.13. The summed E-state index contributed by atoms with van der Waals surface area (Å²) in [5.41, 5.74) is 6.69. The average molecular weight is 209 g/mol. The normalized spacial score (nSPS) is 11.9. The summed E-state index contributed by atoms with van der Waals surface area (Å²) in [7, 11) is 1.32. The number of carbonyl (C=O) groups is 1. The highest BCUT2D eigenvalue weighted by Gasteiger charge is 2.04. The van der Waals surface area contributed by atoms with E-state index in [2.05, 4.69) is 4.74 Å². The number of benzene rings is 1. The molecule has 82 valence electrons. The second-order valence-electron chi connectivity index (χ2n) is 3.23. The van der Waals surface area contributed by atoms with E-state index in [1.807, 2.05) is 25.1 Å². The first-order valence-electron chi connectivity index (χ1n) is 4.68. The summed E-state index contributed by atoms with van der Waals surface area (Å²) in [6, 6.07) is 7.29. The molecule has 0 aliphatic heterocycles. The van der Waals surface area contributed by atoms with Crippen molar-refractivity contribution in [1.82, 2.24) is 0 Å². The lowest BCUT2D eigenvalue weighted by Gasteiger charge is -2.08. The number of ether oxygens (including phenoxy) is 2. The maximum absolute atomic E-state index is 10.8. The number of hydrogen-bond donors (Lipinski definition) is 1. The van der Waals surface area contributed by atoms with Crippen LogP contribution in [-0.2, 0) is 9.53 Å². The van der Waals surface area contributed by atoms with Crippen molar-refractivity contribution >= 4 is 5.97 Å². The highest BCUT2D eigenvalue weighted by molar-refractivity contribution is 5.70. The SMILES string of the molecule is COC(=O)COc1cccc([C@@H](C)N)c1. The fourth-order valence-electron chi connectivity index (χ4n) is 1.09. The van der Waals surface area contributed by atoms with E-state index in [4.69, 9.17) is 10.5 Å². The minimum absolute atomic E-state index is 0.0494. The van der Waals surface area contributed by atoms with Gasteiger partial charge in [0, 0.05) is 6.04 Å². The van der Waals surface area contributed by atoms with Gasteiger partial charge in [-0.25, -0.2) is 4.79 Å². The Morgan fingerprint density at radius 2 is 2.27 bits per heavy atom. The second kappa shape index (κ2) is 5.36. The molecule has 0 unspecified atom stereocenters. The van der Waals surface area contributed by atoms with Crippen molar-refractivity contribution in [3.05, 3.63) is 29.8 Å². The highest BCUT2D eigenvalue weighted by Crippen LogP contribution is 2.17. The van der Waals surface area contributed by atoms with Crippen LogP contribution in [0, 0.1) is 0 Å². The Bertz CT molecular complexity index is 336. The van der Waals surface area contributed by atoms with Crippen LogP contribution in [-0.4, -0.2) is 19.7 Å². The van der Waals surface area contributed by atoms with E-state index in [0.29, 0.717) is 5.75 Å². The van der Waals surface area contributed by atoms with Gasteiger partial charge in [-0.2, -0.15) is 0 Å². The lowest BCUT2D eigenvalue weighted by atomic mass is 10.1. The molecule has 0 fully saturated rings. The van der Waals surface area contributed by atoms with Gasteiger partial charge >= 0.3 is 5.97 Å². The fourth-order valence-corrected chi connectivity index (χ4v) is 1.09. The average Bonchev–Trinajstić information content (AvgIpc) is 2.26. The molecule has 0 aliphatic rings. The maximum Gasteiger partial charge on any atom is 0.343 e. The third-order valence-electron chi connectivity index (χ3n) is 1.97. The van der Waals surface area contributed by atoms with Crippen LogP contribution in [0.3, 0.4) is 0 Å². The standard InChI is InChI=1S/C11H15NO3/c1-8(12)9-4-3-5-10(6-9)15-7-11(13)14-2/h3-6,8H,7,12H2,1-2H3/t8-/m1/s1. The van der Waals surface area contributed by atoms with Gasteiger partial charge in [-0.15, -0.1) is 0 Å². The molecule has 0 heterocycles. The van der Waals surface area contributed by atoms with Crippen LogP contribution in [0.2, 0.25) is 0 Å². The quantitative estimate of drug-likeness (QED) is 0.758. The molecular formula is C11H15NO3. The Balaban J connectivity index is 2.61. The van der Waals surface area contributed by atoms with Crippen molar-refractivity contribution in [1.29, 1.82) is 0 Å². The molecule has 0 aromatic heterocycles. The Morgan fingerprint density at radius 3 is 2.87 bits per heavy atom. The molecule has 0 aliphatic carbocycles. The molecule has 0 radical (unpaired) electrons. The van der Waals surface area contributed by atoms with Gasteiger partial charge in [-0.1, -0.05) is 12.1 Å². The van der Waals surface area contributed by atoms with Crippen LogP contribution < -0.4 is 10.5 Å². The number of esters is 1. The zero-order chi connectivity index (χ0) is 11.3. The molecule has 1 atom stereocenters. The summed E-state index contributed by atoms with van der Waals surface area (Å²) < 4.78 is 9.68. The van der Waals surface area contributed by atoms with Crippen LogP contribution in [0.1, 0.15) is 18.5 Å². The summed E-state index contributed by atoms with van der Waals surface area (Å²) in [6.45, 7) is 1.80. The lowest BCUT2D eigenvalue weighted by molar-refractivity contribution is -0.142. The Labute approximate surface area is 89.0 Å². The molecule has 1 aromatic rings. The van der Waals surface area contributed by atoms with Gasteiger partial charge < -0.3 is 15.2 Å². The zero-order valence-electron chi connectivity index (χ0n) is 8.90. The first kappa shape index (κ1) is 11.5. The van der Waals surface area contributed by atoms with E-state index in [0.717, 1.165) is 5.56 Å². The van der Waals surface area contributed by atoms with E-state index in [1.54, 1.807) is 6.07 Å². The molecule has 0 bridgehead atoms. The fraction of sp³-hybridized carbons (Fsp3) is 0.364. The summed E-state index contributed by atoms with van der Waals surface area (Å²) in [5, 5.41) is 0. The number of carbonyl (C=O) groups excluding carboxylic acids is 1. The van der Waals surface area contributed by atoms with Gasteiger partial charge in [0.2, 0.25) is 0 Å². The minimum Gasteiger partial charge on any atom is -0.482 e. The van der Waals surface area contributed by atoms with Crippen LogP contribution in [0.25, 0.3) is 0 Å². The van der Waals surface area contributed by atoms with Gasteiger partial charge in [0.05, 0.1) is 7.11 Å². The van der Waals surface area contributed by atoms with Crippen molar-refractivity contribution < 1.29 is 14.3 Å². The molecular weight excluding hydrogens is 194 g/mol. The topological polar surface area (TPSA) is 61.5 Å². The highest BCUT2D eigenvalue weighted by atomic mass is 16.6. The summed E-state index contributed by atoms with van der Waals surface area (Å²) in [6.07, 6.45) is 0. The minimum atomic E-state index is -0.402. The van der Waals surface area contributed by atoms with Crippen LogP contribution in [0.15, 0.2) is 24.3 Å². The predicted octanol–water partition coefficient (Wildman–Crippen LogP) is 1.26. The molecule has 15 heavy (non-hydrogen) atoms. The summed E-state index contributed by atoms with van der Waals surface area (Å²) in [4.78, 5) is 10.8. The van der Waals surface area contributed by atoms with Crippen LogP contribution in [0.5, 0.6) is 5.75 Å². The van der Waals surface area contributed by atoms with E-state index >= 15 is 0 Å². The number of hydrogen-bond acceptors (Lipinski definition) is 4. The largest absolute Gasteiger partial charge is 0.482 e. The monoisotopic (exact) mass is 209 g/mol. The molecule has 4 nitrogen and oxygen atoms in total.